The first-order chi connectivity index (χ1) is 4.33. The molecule has 0 saturated carbocycles. The molecule has 0 unspecified atom stereocenters. The summed E-state index contributed by atoms with van der Waals surface area (Å²) in [6, 6.07) is 0. The summed E-state index contributed by atoms with van der Waals surface area (Å²) in [5, 5.41) is 0.396. The summed E-state index contributed by atoms with van der Waals surface area (Å²) >= 11 is 5.45. The lowest BCUT2D eigenvalue weighted by Crippen LogP contribution is -1.99. The predicted octanol–water partition coefficient (Wildman–Crippen LogP) is 1.01. The van der Waals surface area contributed by atoms with Gasteiger partial charge in [-0.2, -0.15) is 0 Å². The molecular weight excluding hydrogens is 173 g/mol. The highest BCUT2D eigenvalue weighted by Gasteiger charge is 1.89. The van der Waals surface area contributed by atoms with Crippen molar-refractivity contribution in [3.63, 3.8) is 0 Å². The van der Waals surface area contributed by atoms with E-state index in [2.05, 4.69) is 9.97 Å². The van der Waals surface area contributed by atoms with E-state index >= 15 is 0 Å². The van der Waals surface area contributed by atoms with Crippen LogP contribution in [0.25, 0.3) is 0 Å². The summed E-state index contributed by atoms with van der Waals surface area (Å²) in [5.41, 5.74) is 6.00. The SMILES string of the molecule is Cl.NCc1cnc(Cl)cn1. The molecule has 0 amide bonds. The van der Waals surface area contributed by atoms with Crippen molar-refractivity contribution in [2.45, 2.75) is 6.54 Å². The lowest BCUT2D eigenvalue weighted by atomic mass is 10.5. The van der Waals surface area contributed by atoms with Crippen LogP contribution in [0.2, 0.25) is 5.15 Å². The van der Waals surface area contributed by atoms with E-state index < -0.39 is 0 Å². The minimum Gasteiger partial charge on any atom is -0.325 e. The van der Waals surface area contributed by atoms with Gasteiger partial charge in [0.05, 0.1) is 18.1 Å². The Morgan fingerprint density at radius 3 is 2.50 bits per heavy atom. The van der Waals surface area contributed by atoms with Crippen LogP contribution in [0.3, 0.4) is 0 Å². The molecule has 1 aromatic heterocycles. The minimum atomic E-state index is 0. The number of rotatable bonds is 1. The van der Waals surface area contributed by atoms with Crippen LogP contribution in [-0.2, 0) is 6.54 Å². The number of hydrogen-bond acceptors (Lipinski definition) is 3. The Balaban J connectivity index is 0.000000810. The van der Waals surface area contributed by atoms with E-state index in [-0.39, 0.29) is 12.4 Å². The van der Waals surface area contributed by atoms with E-state index in [9.17, 15) is 0 Å². The molecule has 0 radical (unpaired) electrons. The Labute approximate surface area is 70.0 Å². The number of aromatic nitrogens is 2. The maximum atomic E-state index is 5.45. The van der Waals surface area contributed by atoms with Crippen molar-refractivity contribution < 1.29 is 0 Å². The monoisotopic (exact) mass is 179 g/mol. The smallest absolute Gasteiger partial charge is 0.147 e. The first-order valence-corrected chi connectivity index (χ1v) is 2.87. The van der Waals surface area contributed by atoms with Crippen LogP contribution >= 0.6 is 24.0 Å². The highest BCUT2D eigenvalue weighted by atomic mass is 35.5. The summed E-state index contributed by atoms with van der Waals surface area (Å²) in [5.74, 6) is 0. The molecule has 0 aliphatic rings. The summed E-state index contributed by atoms with van der Waals surface area (Å²) in [4.78, 5) is 7.65. The van der Waals surface area contributed by atoms with E-state index in [0.717, 1.165) is 5.69 Å². The van der Waals surface area contributed by atoms with E-state index in [1.807, 2.05) is 0 Å². The maximum absolute atomic E-state index is 5.45. The second kappa shape index (κ2) is 4.44. The van der Waals surface area contributed by atoms with E-state index in [0.29, 0.717) is 11.7 Å². The zero-order valence-electron chi connectivity index (χ0n) is 5.12. The molecule has 1 rings (SSSR count). The third-order valence-electron chi connectivity index (χ3n) is 0.883. The van der Waals surface area contributed by atoms with Crippen LogP contribution < -0.4 is 5.73 Å². The summed E-state index contributed by atoms with van der Waals surface area (Å²) in [6.07, 6.45) is 3.03. The molecule has 1 aromatic rings. The molecular formula is C5H7Cl2N3. The van der Waals surface area contributed by atoms with E-state index in [1.54, 1.807) is 6.20 Å². The van der Waals surface area contributed by atoms with Gasteiger partial charge in [0.15, 0.2) is 0 Å². The lowest BCUT2D eigenvalue weighted by molar-refractivity contribution is 0.964. The van der Waals surface area contributed by atoms with Crippen LogP contribution in [-0.4, -0.2) is 9.97 Å². The fourth-order valence-corrected chi connectivity index (χ4v) is 0.542. The Morgan fingerprint density at radius 2 is 2.10 bits per heavy atom. The first kappa shape index (κ1) is 9.62. The molecule has 3 nitrogen and oxygen atoms in total. The molecule has 0 saturated heterocycles. The quantitative estimate of drug-likeness (QED) is 0.701. The molecule has 1 heterocycles. The molecule has 10 heavy (non-hydrogen) atoms. The zero-order valence-corrected chi connectivity index (χ0v) is 6.69. The van der Waals surface area contributed by atoms with E-state index in [4.69, 9.17) is 17.3 Å². The second-order valence-electron chi connectivity index (χ2n) is 1.53. The van der Waals surface area contributed by atoms with E-state index in [1.165, 1.54) is 6.20 Å². The van der Waals surface area contributed by atoms with Crippen molar-refractivity contribution in [1.82, 2.24) is 9.97 Å². The fraction of sp³-hybridized carbons (Fsp3) is 0.200. The Bertz CT molecular complexity index is 187. The zero-order chi connectivity index (χ0) is 6.69. The largest absolute Gasteiger partial charge is 0.325 e. The molecule has 0 aromatic carbocycles. The van der Waals surface area contributed by atoms with Gasteiger partial charge < -0.3 is 5.73 Å². The number of hydrogen-bond donors (Lipinski definition) is 1. The highest BCUT2D eigenvalue weighted by molar-refractivity contribution is 6.29. The van der Waals surface area contributed by atoms with Gasteiger partial charge in [0, 0.05) is 6.54 Å². The summed E-state index contributed by atoms with van der Waals surface area (Å²) < 4.78 is 0. The second-order valence-corrected chi connectivity index (χ2v) is 1.92. The molecule has 0 spiro atoms. The predicted molar refractivity (Wildman–Crippen MR) is 42.2 cm³/mol. The minimum absolute atomic E-state index is 0. The third-order valence-corrected chi connectivity index (χ3v) is 1.08. The molecule has 2 N–H and O–H groups in total. The number of halogens is 2. The third kappa shape index (κ3) is 2.47. The number of nitrogens with zero attached hydrogens (tertiary/aromatic N) is 2. The molecule has 0 fully saturated rings. The molecule has 0 aliphatic carbocycles. The van der Waals surface area contributed by atoms with Gasteiger partial charge in [-0.3, -0.25) is 4.98 Å². The van der Waals surface area contributed by atoms with Crippen molar-refractivity contribution in [2.24, 2.45) is 5.73 Å². The van der Waals surface area contributed by atoms with Crippen LogP contribution in [0, 0.1) is 0 Å². The normalized spacial score (nSPS) is 8.60. The molecule has 0 atom stereocenters. The lowest BCUT2D eigenvalue weighted by Gasteiger charge is -1.91. The van der Waals surface area contributed by atoms with Crippen LogP contribution in [0.15, 0.2) is 12.4 Å². The van der Waals surface area contributed by atoms with Crippen molar-refractivity contribution >= 4 is 24.0 Å². The van der Waals surface area contributed by atoms with Crippen LogP contribution in [0.4, 0.5) is 0 Å². The first-order valence-electron chi connectivity index (χ1n) is 2.49. The topological polar surface area (TPSA) is 51.8 Å². The van der Waals surface area contributed by atoms with Crippen molar-refractivity contribution in [1.29, 1.82) is 0 Å². The van der Waals surface area contributed by atoms with Crippen molar-refractivity contribution in [3.8, 4) is 0 Å². The Hall–Kier alpha value is -0.380. The van der Waals surface area contributed by atoms with Gasteiger partial charge in [0.25, 0.3) is 0 Å². The average molecular weight is 180 g/mol. The van der Waals surface area contributed by atoms with Gasteiger partial charge in [-0.05, 0) is 0 Å². The van der Waals surface area contributed by atoms with Crippen LogP contribution in [0.5, 0.6) is 0 Å². The fourth-order valence-electron chi connectivity index (χ4n) is 0.444. The van der Waals surface area contributed by atoms with Crippen LogP contribution in [0.1, 0.15) is 5.69 Å². The Kier molecular flexibility index (Phi) is 4.27. The van der Waals surface area contributed by atoms with Gasteiger partial charge >= 0.3 is 0 Å². The van der Waals surface area contributed by atoms with Gasteiger partial charge in [0.2, 0.25) is 0 Å². The molecule has 0 aliphatic heterocycles. The Morgan fingerprint density at radius 1 is 1.40 bits per heavy atom. The maximum Gasteiger partial charge on any atom is 0.147 e. The van der Waals surface area contributed by atoms with Crippen molar-refractivity contribution in [3.05, 3.63) is 23.2 Å². The standard InChI is InChI=1S/C5H6ClN3.ClH/c6-5-3-8-4(1-7)2-9-5;/h2-3H,1,7H2;1H. The van der Waals surface area contributed by atoms with Gasteiger partial charge in [0.1, 0.15) is 5.15 Å². The van der Waals surface area contributed by atoms with Crippen molar-refractivity contribution in [2.75, 3.05) is 0 Å². The average Bonchev–Trinajstić information content (AvgIpc) is 1.90. The summed E-state index contributed by atoms with van der Waals surface area (Å²) in [7, 11) is 0. The summed E-state index contributed by atoms with van der Waals surface area (Å²) in [6.45, 7) is 0.407. The van der Waals surface area contributed by atoms with Gasteiger partial charge in [-0.25, -0.2) is 4.98 Å². The molecule has 56 valence electrons. The van der Waals surface area contributed by atoms with Gasteiger partial charge in [-0.1, -0.05) is 11.6 Å². The van der Waals surface area contributed by atoms with Gasteiger partial charge in [-0.15, -0.1) is 12.4 Å². The highest BCUT2D eigenvalue weighted by Crippen LogP contribution is 1.99. The molecule has 0 bridgehead atoms. The number of nitrogens with two attached hydrogens (primary N) is 1. The molecule has 5 heteroatoms.